The fourth-order valence-corrected chi connectivity index (χ4v) is 2.82. The predicted molar refractivity (Wildman–Crippen MR) is 58.1 cm³/mol. The Morgan fingerprint density at radius 2 is 1.71 bits per heavy atom. The van der Waals surface area contributed by atoms with Gasteiger partial charge in [0, 0.05) is 32.2 Å². The molecule has 2 heteroatoms. The fraction of sp³-hybridized carbons (Fsp3) is 1.00. The summed E-state index contributed by atoms with van der Waals surface area (Å²) in [6.07, 6.45) is 5.73. The van der Waals surface area contributed by atoms with E-state index in [1.807, 2.05) is 0 Å². The molecule has 0 aromatic heterocycles. The lowest BCUT2D eigenvalue weighted by Crippen LogP contribution is -2.50. The van der Waals surface area contributed by atoms with Gasteiger partial charge in [-0.15, -0.1) is 0 Å². The minimum absolute atomic E-state index is 0.387. The van der Waals surface area contributed by atoms with Crippen LogP contribution in [0.4, 0.5) is 0 Å². The fourth-order valence-electron chi connectivity index (χ4n) is 2.82. The smallest absolute Gasteiger partial charge is 0.0483 e. The molecule has 0 amide bonds. The Kier molecular flexibility index (Phi) is 3.45. The Balaban J connectivity index is 1.62. The lowest BCUT2D eigenvalue weighted by molar-refractivity contribution is 0.0348. The van der Waals surface area contributed by atoms with E-state index in [-0.39, 0.29) is 0 Å². The summed E-state index contributed by atoms with van der Waals surface area (Å²) in [6, 6.07) is 0. The van der Waals surface area contributed by atoms with Crippen LogP contribution in [0.2, 0.25) is 0 Å². The van der Waals surface area contributed by atoms with Crippen molar-refractivity contribution in [3.8, 4) is 0 Å². The van der Waals surface area contributed by atoms with Gasteiger partial charge >= 0.3 is 0 Å². The van der Waals surface area contributed by atoms with E-state index in [0.717, 1.165) is 24.9 Å². The highest BCUT2D eigenvalue weighted by atomic mass is 16.3. The van der Waals surface area contributed by atoms with Gasteiger partial charge in [-0.1, -0.05) is 19.8 Å². The molecule has 2 rings (SSSR count). The zero-order chi connectivity index (χ0) is 9.97. The zero-order valence-electron chi connectivity index (χ0n) is 9.28. The highest BCUT2D eigenvalue weighted by Crippen LogP contribution is 2.30. The third kappa shape index (κ3) is 2.48. The minimum atomic E-state index is 0.387. The van der Waals surface area contributed by atoms with Gasteiger partial charge in [0.05, 0.1) is 0 Å². The van der Waals surface area contributed by atoms with Gasteiger partial charge in [0.1, 0.15) is 0 Å². The van der Waals surface area contributed by atoms with Crippen molar-refractivity contribution in [1.29, 1.82) is 0 Å². The van der Waals surface area contributed by atoms with Gasteiger partial charge in [-0.3, -0.25) is 0 Å². The number of likely N-dealkylation sites (tertiary alicyclic amines) is 1. The Morgan fingerprint density at radius 1 is 1.07 bits per heavy atom. The number of rotatable bonds is 3. The van der Waals surface area contributed by atoms with E-state index in [1.54, 1.807) is 0 Å². The van der Waals surface area contributed by atoms with Gasteiger partial charge in [-0.25, -0.2) is 0 Å². The molecule has 0 aromatic carbocycles. The molecule has 1 aliphatic heterocycles. The lowest BCUT2D eigenvalue weighted by Gasteiger charge is -2.41. The first-order valence-electron chi connectivity index (χ1n) is 6.11. The van der Waals surface area contributed by atoms with Crippen molar-refractivity contribution in [1.82, 2.24) is 4.90 Å². The van der Waals surface area contributed by atoms with E-state index in [2.05, 4.69) is 11.8 Å². The van der Waals surface area contributed by atoms with E-state index in [0.29, 0.717) is 12.5 Å². The summed E-state index contributed by atoms with van der Waals surface area (Å²) in [7, 11) is 0. The van der Waals surface area contributed by atoms with Crippen molar-refractivity contribution in [2.24, 2.45) is 17.8 Å². The molecule has 0 radical (unpaired) electrons. The van der Waals surface area contributed by atoms with Crippen molar-refractivity contribution < 1.29 is 5.11 Å². The Morgan fingerprint density at radius 3 is 2.29 bits per heavy atom. The highest BCUT2D eigenvalue weighted by Gasteiger charge is 2.28. The van der Waals surface area contributed by atoms with Crippen LogP contribution in [0.1, 0.15) is 32.6 Å². The summed E-state index contributed by atoms with van der Waals surface area (Å²) >= 11 is 0. The molecule has 82 valence electrons. The molecule has 2 aliphatic rings. The SMILES string of the molecule is CC1CCC(CN2CC(CO)C2)CC1. The van der Waals surface area contributed by atoms with Gasteiger partial charge in [0.15, 0.2) is 0 Å². The van der Waals surface area contributed by atoms with E-state index in [1.165, 1.54) is 32.2 Å². The van der Waals surface area contributed by atoms with Crippen LogP contribution < -0.4 is 0 Å². The molecule has 0 spiro atoms. The molecule has 1 saturated carbocycles. The minimum Gasteiger partial charge on any atom is -0.396 e. The molecule has 14 heavy (non-hydrogen) atoms. The third-order valence-corrected chi connectivity index (χ3v) is 3.94. The summed E-state index contributed by atoms with van der Waals surface area (Å²) in [4.78, 5) is 2.52. The van der Waals surface area contributed by atoms with Crippen molar-refractivity contribution >= 4 is 0 Å². The van der Waals surface area contributed by atoms with Crippen LogP contribution in [-0.4, -0.2) is 36.2 Å². The van der Waals surface area contributed by atoms with E-state index in [9.17, 15) is 0 Å². The number of nitrogens with zero attached hydrogens (tertiary/aromatic N) is 1. The molecule has 1 aliphatic carbocycles. The van der Waals surface area contributed by atoms with Crippen molar-refractivity contribution in [2.45, 2.75) is 32.6 Å². The van der Waals surface area contributed by atoms with Gasteiger partial charge in [0.2, 0.25) is 0 Å². The van der Waals surface area contributed by atoms with E-state index >= 15 is 0 Å². The molecule has 0 aromatic rings. The van der Waals surface area contributed by atoms with Crippen LogP contribution in [0, 0.1) is 17.8 Å². The number of hydrogen-bond donors (Lipinski definition) is 1. The topological polar surface area (TPSA) is 23.5 Å². The second-order valence-corrected chi connectivity index (χ2v) is 5.39. The second-order valence-electron chi connectivity index (χ2n) is 5.39. The zero-order valence-corrected chi connectivity index (χ0v) is 9.28. The van der Waals surface area contributed by atoms with Crippen LogP contribution in [0.15, 0.2) is 0 Å². The Hall–Kier alpha value is -0.0800. The standard InChI is InChI=1S/C12H23NO/c1-10-2-4-11(5-3-10)6-13-7-12(8-13)9-14/h10-12,14H,2-9H2,1H3. The number of hydrogen-bond acceptors (Lipinski definition) is 2. The summed E-state index contributed by atoms with van der Waals surface area (Å²) < 4.78 is 0. The molecule has 0 atom stereocenters. The van der Waals surface area contributed by atoms with E-state index in [4.69, 9.17) is 5.11 Å². The molecule has 2 fully saturated rings. The molecule has 0 bridgehead atoms. The van der Waals surface area contributed by atoms with Crippen LogP contribution >= 0.6 is 0 Å². The van der Waals surface area contributed by atoms with Crippen molar-refractivity contribution in [3.63, 3.8) is 0 Å². The first kappa shape index (κ1) is 10.4. The summed E-state index contributed by atoms with van der Waals surface area (Å²) in [5, 5.41) is 8.92. The van der Waals surface area contributed by atoms with Gasteiger partial charge < -0.3 is 10.0 Å². The summed E-state index contributed by atoms with van der Waals surface area (Å²) in [5.41, 5.74) is 0. The maximum Gasteiger partial charge on any atom is 0.0483 e. The van der Waals surface area contributed by atoms with Crippen molar-refractivity contribution in [3.05, 3.63) is 0 Å². The molecule has 2 nitrogen and oxygen atoms in total. The largest absolute Gasteiger partial charge is 0.396 e. The van der Waals surface area contributed by atoms with Crippen LogP contribution in [0.25, 0.3) is 0 Å². The number of aliphatic hydroxyl groups excluding tert-OH is 1. The molecular formula is C12H23NO. The Bertz CT molecular complexity index is 169. The van der Waals surface area contributed by atoms with Gasteiger partial charge in [0.25, 0.3) is 0 Å². The summed E-state index contributed by atoms with van der Waals surface area (Å²) in [5.74, 6) is 2.50. The monoisotopic (exact) mass is 197 g/mol. The van der Waals surface area contributed by atoms with Crippen LogP contribution in [0.3, 0.4) is 0 Å². The molecule has 1 N–H and O–H groups in total. The summed E-state index contributed by atoms with van der Waals surface area (Å²) in [6.45, 7) is 6.34. The predicted octanol–water partition coefficient (Wildman–Crippen LogP) is 1.74. The molecule has 0 unspecified atom stereocenters. The Labute approximate surface area is 87.3 Å². The van der Waals surface area contributed by atoms with E-state index < -0.39 is 0 Å². The number of aliphatic hydroxyl groups is 1. The molecule has 1 heterocycles. The maximum atomic E-state index is 8.92. The maximum absolute atomic E-state index is 8.92. The first-order chi connectivity index (χ1) is 6.78. The first-order valence-corrected chi connectivity index (χ1v) is 6.11. The normalized spacial score (nSPS) is 35.6. The van der Waals surface area contributed by atoms with Gasteiger partial charge in [-0.05, 0) is 24.7 Å². The highest BCUT2D eigenvalue weighted by molar-refractivity contribution is 4.82. The quantitative estimate of drug-likeness (QED) is 0.745. The lowest BCUT2D eigenvalue weighted by atomic mass is 9.82. The van der Waals surface area contributed by atoms with Crippen LogP contribution in [0.5, 0.6) is 0 Å². The van der Waals surface area contributed by atoms with Gasteiger partial charge in [-0.2, -0.15) is 0 Å². The van der Waals surface area contributed by atoms with Crippen LogP contribution in [-0.2, 0) is 0 Å². The molecular weight excluding hydrogens is 174 g/mol. The average Bonchev–Trinajstić information content (AvgIpc) is 2.13. The average molecular weight is 197 g/mol. The third-order valence-electron chi connectivity index (χ3n) is 3.94. The van der Waals surface area contributed by atoms with Crippen molar-refractivity contribution in [2.75, 3.05) is 26.2 Å². The second kappa shape index (κ2) is 4.63. The molecule has 1 saturated heterocycles.